The number of hydrogen-bond acceptors (Lipinski definition) is 3. The SMILES string of the molecule is CC(=O)NC(CCSC1CC(C)CC(C)C1)C(=O)O. The molecule has 5 heteroatoms. The maximum Gasteiger partial charge on any atom is 0.326 e. The van der Waals surface area contributed by atoms with Gasteiger partial charge in [0.25, 0.3) is 0 Å². The first-order valence-corrected chi connectivity index (χ1v) is 8.04. The number of amides is 1. The van der Waals surface area contributed by atoms with Gasteiger partial charge in [-0.3, -0.25) is 4.79 Å². The Kier molecular flexibility index (Phi) is 6.69. The van der Waals surface area contributed by atoms with E-state index in [1.54, 1.807) is 0 Å². The highest BCUT2D eigenvalue weighted by Gasteiger charge is 2.25. The molecule has 3 unspecified atom stereocenters. The predicted octanol–water partition coefficient (Wildman–Crippen LogP) is 2.52. The van der Waals surface area contributed by atoms with E-state index < -0.39 is 12.0 Å². The molecule has 1 aliphatic carbocycles. The van der Waals surface area contributed by atoms with Gasteiger partial charge in [-0.1, -0.05) is 13.8 Å². The number of carboxylic acid groups (broad SMARTS) is 1. The molecule has 1 rings (SSSR count). The van der Waals surface area contributed by atoms with Gasteiger partial charge in [0, 0.05) is 12.2 Å². The highest BCUT2D eigenvalue weighted by molar-refractivity contribution is 7.99. The monoisotopic (exact) mass is 287 g/mol. The summed E-state index contributed by atoms with van der Waals surface area (Å²) in [6, 6.07) is -0.747. The van der Waals surface area contributed by atoms with E-state index in [0.29, 0.717) is 11.7 Å². The number of hydrogen-bond donors (Lipinski definition) is 2. The maximum atomic E-state index is 11.0. The number of carboxylic acids is 1. The van der Waals surface area contributed by atoms with Crippen molar-refractivity contribution in [2.24, 2.45) is 11.8 Å². The maximum absolute atomic E-state index is 11.0. The van der Waals surface area contributed by atoms with Crippen LogP contribution in [0.25, 0.3) is 0 Å². The summed E-state index contributed by atoms with van der Waals surface area (Å²) < 4.78 is 0. The molecule has 1 aliphatic rings. The number of carbonyl (C=O) groups excluding carboxylic acids is 1. The highest BCUT2D eigenvalue weighted by atomic mass is 32.2. The molecular weight excluding hydrogens is 262 g/mol. The van der Waals surface area contributed by atoms with Gasteiger partial charge < -0.3 is 10.4 Å². The lowest BCUT2D eigenvalue weighted by atomic mass is 9.83. The van der Waals surface area contributed by atoms with Crippen LogP contribution < -0.4 is 5.32 Å². The highest BCUT2D eigenvalue weighted by Crippen LogP contribution is 2.35. The van der Waals surface area contributed by atoms with Crippen LogP contribution in [0.1, 0.15) is 46.5 Å². The topological polar surface area (TPSA) is 66.4 Å². The van der Waals surface area contributed by atoms with E-state index in [0.717, 1.165) is 17.6 Å². The number of carbonyl (C=O) groups is 2. The van der Waals surface area contributed by atoms with Gasteiger partial charge in [0.1, 0.15) is 6.04 Å². The van der Waals surface area contributed by atoms with Crippen LogP contribution in [0.3, 0.4) is 0 Å². The molecular formula is C14H25NO3S. The smallest absolute Gasteiger partial charge is 0.326 e. The number of thioether (sulfide) groups is 1. The van der Waals surface area contributed by atoms with E-state index in [-0.39, 0.29) is 5.91 Å². The summed E-state index contributed by atoms with van der Waals surface area (Å²) in [5.74, 6) is 1.11. The van der Waals surface area contributed by atoms with Crippen molar-refractivity contribution in [2.75, 3.05) is 5.75 Å². The fourth-order valence-electron chi connectivity index (χ4n) is 2.86. The lowest BCUT2D eigenvalue weighted by Crippen LogP contribution is -2.40. The second-order valence-corrected chi connectivity index (χ2v) is 7.20. The van der Waals surface area contributed by atoms with E-state index in [4.69, 9.17) is 5.11 Å². The van der Waals surface area contributed by atoms with E-state index >= 15 is 0 Å². The molecule has 0 bridgehead atoms. The van der Waals surface area contributed by atoms with Crippen LogP contribution in [0.2, 0.25) is 0 Å². The minimum atomic E-state index is -0.943. The summed E-state index contributed by atoms with van der Waals surface area (Å²) in [7, 11) is 0. The Morgan fingerprint density at radius 2 is 1.84 bits per heavy atom. The van der Waals surface area contributed by atoms with Gasteiger partial charge in [0.15, 0.2) is 0 Å². The summed E-state index contributed by atoms with van der Waals surface area (Å²) in [4.78, 5) is 21.9. The Morgan fingerprint density at radius 3 is 2.32 bits per heavy atom. The van der Waals surface area contributed by atoms with Gasteiger partial charge in [0.05, 0.1) is 0 Å². The molecule has 0 saturated heterocycles. The van der Waals surface area contributed by atoms with Crippen molar-refractivity contribution in [3.8, 4) is 0 Å². The van der Waals surface area contributed by atoms with Crippen LogP contribution in [-0.2, 0) is 9.59 Å². The van der Waals surface area contributed by atoms with E-state index in [1.807, 2.05) is 11.8 Å². The normalized spacial score (nSPS) is 28.7. The number of nitrogens with one attached hydrogen (secondary N) is 1. The van der Waals surface area contributed by atoms with Crippen LogP contribution in [0.5, 0.6) is 0 Å². The lowest BCUT2D eigenvalue weighted by Gasteiger charge is -2.31. The Morgan fingerprint density at radius 1 is 1.26 bits per heavy atom. The van der Waals surface area contributed by atoms with Crippen molar-refractivity contribution >= 4 is 23.6 Å². The zero-order valence-electron chi connectivity index (χ0n) is 12.0. The van der Waals surface area contributed by atoms with Crippen molar-refractivity contribution in [1.29, 1.82) is 0 Å². The first kappa shape index (κ1) is 16.3. The van der Waals surface area contributed by atoms with Crippen LogP contribution in [-0.4, -0.2) is 34.0 Å². The van der Waals surface area contributed by atoms with Crippen molar-refractivity contribution in [2.45, 2.75) is 57.7 Å². The molecule has 0 heterocycles. The van der Waals surface area contributed by atoms with E-state index in [2.05, 4.69) is 19.2 Å². The molecule has 19 heavy (non-hydrogen) atoms. The molecule has 0 spiro atoms. The molecule has 0 aliphatic heterocycles. The van der Waals surface area contributed by atoms with Gasteiger partial charge in [-0.05, 0) is 43.3 Å². The molecule has 4 nitrogen and oxygen atoms in total. The third-order valence-corrected chi connectivity index (χ3v) is 4.90. The largest absolute Gasteiger partial charge is 0.480 e. The molecule has 2 N–H and O–H groups in total. The Balaban J connectivity index is 2.31. The third kappa shape index (κ3) is 6.32. The molecule has 0 aromatic carbocycles. The molecule has 1 fully saturated rings. The zero-order valence-corrected chi connectivity index (χ0v) is 12.8. The van der Waals surface area contributed by atoms with Crippen LogP contribution in [0.15, 0.2) is 0 Å². The summed E-state index contributed by atoms with van der Waals surface area (Å²) in [6.45, 7) is 5.94. The molecule has 3 atom stereocenters. The number of rotatable bonds is 6. The Labute approximate surface area is 119 Å². The fourth-order valence-corrected chi connectivity index (χ4v) is 4.50. The fraction of sp³-hybridized carbons (Fsp3) is 0.857. The Hall–Kier alpha value is -0.710. The van der Waals surface area contributed by atoms with Crippen molar-refractivity contribution in [3.05, 3.63) is 0 Å². The van der Waals surface area contributed by atoms with E-state index in [9.17, 15) is 9.59 Å². The first-order valence-electron chi connectivity index (χ1n) is 7.00. The minimum Gasteiger partial charge on any atom is -0.480 e. The van der Waals surface area contributed by atoms with Gasteiger partial charge in [-0.15, -0.1) is 0 Å². The molecule has 1 saturated carbocycles. The molecule has 0 aromatic heterocycles. The summed E-state index contributed by atoms with van der Waals surface area (Å²) in [6.07, 6.45) is 4.26. The second-order valence-electron chi connectivity index (χ2n) is 5.79. The van der Waals surface area contributed by atoms with Crippen molar-refractivity contribution in [3.63, 3.8) is 0 Å². The average molecular weight is 287 g/mol. The first-order chi connectivity index (χ1) is 8.88. The minimum absolute atomic E-state index is 0.280. The third-order valence-electron chi connectivity index (χ3n) is 3.57. The van der Waals surface area contributed by atoms with Crippen LogP contribution in [0.4, 0.5) is 0 Å². The summed E-state index contributed by atoms with van der Waals surface area (Å²) in [5.41, 5.74) is 0. The second kappa shape index (κ2) is 7.78. The summed E-state index contributed by atoms with van der Waals surface area (Å²) >= 11 is 1.86. The quantitative estimate of drug-likeness (QED) is 0.788. The van der Waals surface area contributed by atoms with E-state index in [1.165, 1.54) is 26.2 Å². The van der Waals surface area contributed by atoms with Crippen LogP contribution >= 0.6 is 11.8 Å². The van der Waals surface area contributed by atoms with Gasteiger partial charge >= 0.3 is 5.97 Å². The van der Waals surface area contributed by atoms with Crippen molar-refractivity contribution in [1.82, 2.24) is 5.32 Å². The van der Waals surface area contributed by atoms with Gasteiger partial charge in [-0.2, -0.15) is 11.8 Å². The van der Waals surface area contributed by atoms with Crippen LogP contribution in [0, 0.1) is 11.8 Å². The van der Waals surface area contributed by atoms with Gasteiger partial charge in [0.2, 0.25) is 5.91 Å². The Bertz CT molecular complexity index is 312. The van der Waals surface area contributed by atoms with Crippen molar-refractivity contribution < 1.29 is 14.7 Å². The number of aliphatic carboxylic acids is 1. The predicted molar refractivity (Wildman–Crippen MR) is 78.3 cm³/mol. The average Bonchev–Trinajstić information content (AvgIpc) is 2.25. The molecule has 0 aromatic rings. The van der Waals surface area contributed by atoms with Gasteiger partial charge in [-0.25, -0.2) is 4.79 Å². The zero-order chi connectivity index (χ0) is 14.4. The summed E-state index contributed by atoms with van der Waals surface area (Å²) in [5, 5.41) is 12.1. The standard InChI is InChI=1S/C14H25NO3S/c1-9-6-10(2)8-12(7-9)19-5-4-13(14(17)18)15-11(3)16/h9-10,12-13H,4-8H2,1-3H3,(H,15,16)(H,17,18). The molecule has 0 radical (unpaired) electrons. The molecule has 110 valence electrons. The lowest BCUT2D eigenvalue weighted by molar-refractivity contribution is -0.141. The molecule has 1 amide bonds.